The number of esters is 1. The largest absolute Gasteiger partial charge is 0.454 e. The number of aryl methyl sites for hydroxylation is 1. The van der Waals surface area contributed by atoms with Crippen LogP contribution in [0.15, 0.2) is 29.3 Å². The van der Waals surface area contributed by atoms with E-state index in [0.717, 1.165) is 31.2 Å². The van der Waals surface area contributed by atoms with Crippen LogP contribution in [-0.2, 0) is 20.9 Å². The van der Waals surface area contributed by atoms with E-state index in [0.29, 0.717) is 10.9 Å². The van der Waals surface area contributed by atoms with Crippen LogP contribution < -0.4 is 10.9 Å². The molecule has 1 amide bonds. The van der Waals surface area contributed by atoms with Crippen molar-refractivity contribution in [3.05, 3.63) is 40.4 Å². The summed E-state index contributed by atoms with van der Waals surface area (Å²) >= 11 is 0. The average Bonchev–Trinajstić information content (AvgIpc) is 2.91. The number of hydrogen-bond donors (Lipinski definition) is 1. The molecule has 1 N–H and O–H groups in total. The highest BCUT2D eigenvalue weighted by Gasteiger charge is 2.16. The zero-order valence-electron chi connectivity index (χ0n) is 15.6. The second-order valence-corrected chi connectivity index (χ2v) is 7.07. The van der Waals surface area contributed by atoms with Gasteiger partial charge in [0.25, 0.3) is 11.5 Å². The third-order valence-corrected chi connectivity index (χ3v) is 4.94. The van der Waals surface area contributed by atoms with E-state index in [9.17, 15) is 14.4 Å². The van der Waals surface area contributed by atoms with Crippen molar-refractivity contribution in [1.82, 2.24) is 14.9 Å². The summed E-state index contributed by atoms with van der Waals surface area (Å²) in [5.41, 5.74) is 1.22. The van der Waals surface area contributed by atoms with Gasteiger partial charge in [0, 0.05) is 6.04 Å². The standard InChI is InChI=1S/C20H25N3O4/c1-14-7-6-10-16-19(14)21-13-23(20(16)26)11-18(25)27-12-17(24)22-15-8-4-2-3-5-9-15/h6-7,10,13,15H,2-5,8-9,11-12H2,1H3,(H,22,24). The Morgan fingerprint density at radius 3 is 2.70 bits per heavy atom. The van der Waals surface area contributed by atoms with E-state index in [4.69, 9.17) is 4.74 Å². The predicted molar refractivity (Wildman–Crippen MR) is 101 cm³/mol. The second kappa shape index (κ2) is 8.79. The molecule has 0 saturated heterocycles. The van der Waals surface area contributed by atoms with Crippen molar-refractivity contribution in [2.45, 2.75) is 58.0 Å². The lowest BCUT2D eigenvalue weighted by Crippen LogP contribution is -2.37. The van der Waals surface area contributed by atoms with Gasteiger partial charge in [-0.05, 0) is 31.4 Å². The number of nitrogens with zero attached hydrogens (tertiary/aromatic N) is 2. The first-order valence-corrected chi connectivity index (χ1v) is 9.44. The molecule has 1 aromatic heterocycles. The van der Waals surface area contributed by atoms with Gasteiger partial charge in [0.2, 0.25) is 0 Å². The maximum Gasteiger partial charge on any atom is 0.326 e. The number of fused-ring (bicyclic) bond motifs is 1. The zero-order chi connectivity index (χ0) is 19.2. The lowest BCUT2D eigenvalue weighted by Gasteiger charge is -2.16. The van der Waals surface area contributed by atoms with Gasteiger partial charge in [-0.2, -0.15) is 0 Å². The molecule has 0 spiro atoms. The number of aromatic nitrogens is 2. The van der Waals surface area contributed by atoms with Crippen molar-refractivity contribution >= 4 is 22.8 Å². The lowest BCUT2D eigenvalue weighted by molar-refractivity contribution is -0.149. The van der Waals surface area contributed by atoms with Crippen molar-refractivity contribution < 1.29 is 14.3 Å². The maximum absolute atomic E-state index is 12.5. The van der Waals surface area contributed by atoms with Gasteiger partial charge in [0.05, 0.1) is 17.2 Å². The molecule has 0 aliphatic heterocycles. The molecule has 1 aliphatic carbocycles. The Kier molecular flexibility index (Phi) is 6.21. The smallest absolute Gasteiger partial charge is 0.326 e. The highest BCUT2D eigenvalue weighted by Crippen LogP contribution is 2.17. The molecule has 27 heavy (non-hydrogen) atoms. The van der Waals surface area contributed by atoms with Gasteiger partial charge in [-0.3, -0.25) is 19.0 Å². The van der Waals surface area contributed by atoms with Crippen LogP contribution in [0.3, 0.4) is 0 Å². The number of para-hydroxylation sites is 1. The number of ether oxygens (including phenoxy) is 1. The number of rotatable bonds is 5. The molecule has 2 aromatic rings. The summed E-state index contributed by atoms with van der Waals surface area (Å²) in [5.74, 6) is -0.934. The van der Waals surface area contributed by atoms with E-state index >= 15 is 0 Å². The van der Waals surface area contributed by atoms with Crippen LogP contribution in [0.4, 0.5) is 0 Å². The molecule has 1 heterocycles. The molecule has 1 fully saturated rings. The Morgan fingerprint density at radius 2 is 1.96 bits per heavy atom. The van der Waals surface area contributed by atoms with Gasteiger partial charge in [0.1, 0.15) is 6.54 Å². The predicted octanol–water partition coefficient (Wildman–Crippen LogP) is 2.09. The van der Waals surface area contributed by atoms with Crippen molar-refractivity contribution in [1.29, 1.82) is 0 Å². The van der Waals surface area contributed by atoms with Gasteiger partial charge < -0.3 is 10.1 Å². The summed E-state index contributed by atoms with van der Waals surface area (Å²) in [6.45, 7) is 1.27. The molecule has 0 bridgehead atoms. The number of carbonyl (C=O) groups excluding carboxylic acids is 2. The Balaban J connectivity index is 1.55. The van der Waals surface area contributed by atoms with E-state index in [1.807, 2.05) is 13.0 Å². The molecule has 3 rings (SSSR count). The monoisotopic (exact) mass is 371 g/mol. The topological polar surface area (TPSA) is 90.3 Å². The summed E-state index contributed by atoms with van der Waals surface area (Å²) in [7, 11) is 0. The fraction of sp³-hybridized carbons (Fsp3) is 0.500. The lowest BCUT2D eigenvalue weighted by atomic mass is 10.1. The highest BCUT2D eigenvalue weighted by molar-refractivity contribution is 5.82. The molecule has 7 nitrogen and oxygen atoms in total. The fourth-order valence-corrected chi connectivity index (χ4v) is 3.47. The van der Waals surface area contributed by atoms with Crippen LogP contribution in [0.2, 0.25) is 0 Å². The van der Waals surface area contributed by atoms with E-state index < -0.39 is 5.97 Å². The first kappa shape index (κ1) is 19.1. The normalized spacial score (nSPS) is 15.3. The summed E-state index contributed by atoms with van der Waals surface area (Å²) in [6.07, 6.45) is 7.91. The van der Waals surface area contributed by atoms with Gasteiger partial charge in [0.15, 0.2) is 6.61 Å². The third-order valence-electron chi connectivity index (χ3n) is 4.94. The van der Waals surface area contributed by atoms with Crippen molar-refractivity contribution in [2.24, 2.45) is 0 Å². The zero-order valence-corrected chi connectivity index (χ0v) is 15.6. The van der Waals surface area contributed by atoms with Crippen LogP contribution >= 0.6 is 0 Å². The SMILES string of the molecule is Cc1cccc2c(=O)n(CC(=O)OCC(=O)NC3CCCCCC3)cnc12. The molecule has 1 aliphatic rings. The first-order valence-electron chi connectivity index (χ1n) is 9.44. The fourth-order valence-electron chi connectivity index (χ4n) is 3.47. The first-order chi connectivity index (χ1) is 13.0. The van der Waals surface area contributed by atoms with Crippen LogP contribution in [-0.4, -0.2) is 34.1 Å². The third kappa shape index (κ3) is 4.93. The second-order valence-electron chi connectivity index (χ2n) is 7.07. The van der Waals surface area contributed by atoms with Crippen molar-refractivity contribution in [3.8, 4) is 0 Å². The summed E-state index contributed by atoms with van der Waals surface area (Å²) in [6, 6.07) is 5.50. The van der Waals surface area contributed by atoms with E-state index in [-0.39, 0.29) is 30.7 Å². The summed E-state index contributed by atoms with van der Waals surface area (Å²) < 4.78 is 6.23. The highest BCUT2D eigenvalue weighted by atomic mass is 16.5. The molecule has 1 aromatic carbocycles. The number of hydrogen-bond acceptors (Lipinski definition) is 5. The van der Waals surface area contributed by atoms with Crippen molar-refractivity contribution in [3.63, 3.8) is 0 Å². The van der Waals surface area contributed by atoms with Crippen LogP contribution in [0, 0.1) is 6.92 Å². The minimum atomic E-state index is -0.637. The van der Waals surface area contributed by atoms with Gasteiger partial charge >= 0.3 is 5.97 Å². The minimum Gasteiger partial charge on any atom is -0.454 e. The summed E-state index contributed by atoms with van der Waals surface area (Å²) in [5, 5.41) is 3.38. The van der Waals surface area contributed by atoms with Gasteiger partial charge in [-0.15, -0.1) is 0 Å². The Hall–Kier alpha value is -2.70. The minimum absolute atomic E-state index is 0.161. The average molecular weight is 371 g/mol. The molecule has 0 atom stereocenters. The molecule has 0 radical (unpaired) electrons. The van der Waals surface area contributed by atoms with E-state index in [1.54, 1.807) is 12.1 Å². The van der Waals surface area contributed by atoms with Crippen LogP contribution in [0.1, 0.15) is 44.1 Å². The Labute approximate surface area is 157 Å². The van der Waals surface area contributed by atoms with Crippen molar-refractivity contribution in [2.75, 3.05) is 6.61 Å². The number of carbonyl (C=O) groups is 2. The van der Waals surface area contributed by atoms with E-state index in [2.05, 4.69) is 10.3 Å². The van der Waals surface area contributed by atoms with Crippen LogP contribution in [0.5, 0.6) is 0 Å². The molecule has 144 valence electrons. The summed E-state index contributed by atoms with van der Waals surface area (Å²) in [4.78, 5) is 40.8. The van der Waals surface area contributed by atoms with Crippen LogP contribution in [0.25, 0.3) is 10.9 Å². The number of benzene rings is 1. The molecular weight excluding hydrogens is 346 g/mol. The molecule has 7 heteroatoms. The molecule has 0 unspecified atom stereocenters. The number of amides is 1. The van der Waals surface area contributed by atoms with Gasteiger partial charge in [-0.25, -0.2) is 4.98 Å². The Morgan fingerprint density at radius 1 is 1.22 bits per heavy atom. The molecule has 1 saturated carbocycles. The quantitative estimate of drug-likeness (QED) is 0.642. The maximum atomic E-state index is 12.5. The number of nitrogens with one attached hydrogen (secondary N) is 1. The van der Waals surface area contributed by atoms with E-state index in [1.165, 1.54) is 23.7 Å². The van der Waals surface area contributed by atoms with Gasteiger partial charge in [-0.1, -0.05) is 37.8 Å². The molecular formula is C20H25N3O4. The Bertz CT molecular complexity index is 882.